The average molecular weight is 993 g/mol. The van der Waals surface area contributed by atoms with E-state index in [2.05, 4.69) is 36.8 Å². The molecule has 0 saturated heterocycles. The predicted octanol–water partition coefficient (Wildman–Crippen LogP) is 4.47. The van der Waals surface area contributed by atoms with Crippen LogP contribution in [0.4, 0.5) is 17.5 Å². The lowest BCUT2D eigenvalue weighted by Gasteiger charge is -2.22. The van der Waals surface area contributed by atoms with Gasteiger partial charge in [0.2, 0.25) is 0 Å². The van der Waals surface area contributed by atoms with Gasteiger partial charge in [0.15, 0.2) is 17.3 Å². The molecule has 0 aliphatic rings. The summed E-state index contributed by atoms with van der Waals surface area (Å²) in [4.78, 5) is 78.4. The number of carbonyl (C=O) groups is 5. The van der Waals surface area contributed by atoms with Gasteiger partial charge < -0.3 is 50.2 Å². The fourth-order valence-electron chi connectivity index (χ4n) is 7.08. The summed E-state index contributed by atoms with van der Waals surface area (Å²) in [5.74, 6) is -2.49. The van der Waals surface area contributed by atoms with E-state index in [1.54, 1.807) is 93.6 Å². The minimum atomic E-state index is -1.05. The second kappa shape index (κ2) is 23.8. The first-order valence-corrected chi connectivity index (χ1v) is 22.4. The Balaban J connectivity index is 1.26. The van der Waals surface area contributed by atoms with Gasteiger partial charge in [-0.1, -0.05) is 36.4 Å². The predicted molar refractivity (Wildman–Crippen MR) is 260 cm³/mol. The highest BCUT2D eigenvalue weighted by molar-refractivity contribution is 6.06. The number of nitrogens with one attached hydrogen (secondary N) is 4. The lowest BCUT2D eigenvalue weighted by molar-refractivity contribution is -0.389. The summed E-state index contributed by atoms with van der Waals surface area (Å²) in [6, 6.07) is 22.5. The second-order valence-corrected chi connectivity index (χ2v) is 17.1. The van der Waals surface area contributed by atoms with Gasteiger partial charge in [-0.05, 0) is 98.0 Å². The van der Waals surface area contributed by atoms with E-state index in [0.29, 0.717) is 33.9 Å². The number of hydrazine groups is 1. The zero-order valence-corrected chi connectivity index (χ0v) is 40.7. The number of hydrogen-bond acceptors (Lipinski definition) is 17. The molecule has 0 bridgehead atoms. The lowest BCUT2D eigenvalue weighted by Crippen LogP contribution is -2.49. The summed E-state index contributed by atoms with van der Waals surface area (Å²) in [5.41, 5.74) is 12.4. The molecule has 0 aliphatic heterocycles. The van der Waals surface area contributed by atoms with E-state index in [-0.39, 0.29) is 67.6 Å². The number of rotatable bonds is 23. The standard InChI is InChI=1S/C48H56N12O12/c1-48(2,3)72-46(64)35(49)9-8-10-36(47(65)71-7)52-53-45(63)38-24-41(55-58(38)27-30-13-19-33(69-5)20-14-30)50-43(61)37-23-40(54-57(37)26-29-11-17-32(68-4)18-12-29)51-44(62)39-25-42(60(66)67)56-59(39)28-31-15-21-34(70-6)22-16-31/h11-25,35-36,52H,8-10,26-28,49H2,1-7H3,(H,53,63)(H,50,55,61)(H,51,54,62)/t35?,36-/m0/s1. The van der Waals surface area contributed by atoms with Crippen LogP contribution < -0.4 is 41.4 Å². The van der Waals surface area contributed by atoms with Gasteiger partial charge >= 0.3 is 17.8 Å². The van der Waals surface area contributed by atoms with Crippen molar-refractivity contribution in [1.82, 2.24) is 40.2 Å². The molecule has 3 aromatic heterocycles. The molecule has 0 radical (unpaired) electrons. The van der Waals surface area contributed by atoms with Gasteiger partial charge in [-0.15, -0.1) is 0 Å². The van der Waals surface area contributed by atoms with Crippen LogP contribution in [0.5, 0.6) is 17.2 Å². The Hall–Kier alpha value is -8.64. The van der Waals surface area contributed by atoms with Crippen LogP contribution >= 0.6 is 0 Å². The molecule has 24 nitrogen and oxygen atoms in total. The number of methoxy groups -OCH3 is 4. The second-order valence-electron chi connectivity index (χ2n) is 17.1. The van der Waals surface area contributed by atoms with E-state index in [1.165, 1.54) is 54.6 Å². The first-order valence-electron chi connectivity index (χ1n) is 22.4. The molecule has 0 saturated carbocycles. The molecule has 0 spiro atoms. The van der Waals surface area contributed by atoms with Crippen molar-refractivity contribution in [3.8, 4) is 17.2 Å². The number of aromatic nitrogens is 6. The molecule has 3 amide bonds. The largest absolute Gasteiger partial charge is 0.497 e. The van der Waals surface area contributed by atoms with Crippen molar-refractivity contribution in [3.63, 3.8) is 0 Å². The Kier molecular flexibility index (Phi) is 17.4. The summed E-state index contributed by atoms with van der Waals surface area (Å²) in [6.45, 7) is 5.25. The Morgan fingerprint density at radius 3 is 1.44 bits per heavy atom. The Morgan fingerprint density at radius 2 is 1.04 bits per heavy atom. The number of nitrogens with zero attached hydrogens (tertiary/aromatic N) is 7. The summed E-state index contributed by atoms with van der Waals surface area (Å²) in [6.07, 6.45) is 0.590. The molecule has 72 heavy (non-hydrogen) atoms. The van der Waals surface area contributed by atoms with Gasteiger partial charge in [-0.3, -0.25) is 38.8 Å². The molecular formula is C48H56N12O12. The van der Waals surface area contributed by atoms with Crippen LogP contribution in [0.1, 0.15) is 88.2 Å². The number of nitrogens with two attached hydrogens (primary N) is 1. The maximum Gasteiger partial charge on any atom is 0.390 e. The van der Waals surface area contributed by atoms with Crippen molar-refractivity contribution in [2.24, 2.45) is 5.73 Å². The van der Waals surface area contributed by atoms with Gasteiger partial charge in [0, 0.05) is 12.1 Å². The van der Waals surface area contributed by atoms with Gasteiger partial charge in [-0.25, -0.2) is 5.43 Å². The number of esters is 2. The van der Waals surface area contributed by atoms with Gasteiger partial charge in [0.1, 0.15) is 46.3 Å². The lowest BCUT2D eigenvalue weighted by atomic mass is 10.1. The molecule has 6 aromatic rings. The number of anilines is 2. The normalized spacial score (nSPS) is 12.0. The minimum Gasteiger partial charge on any atom is -0.497 e. The summed E-state index contributed by atoms with van der Waals surface area (Å²) in [5, 5.41) is 30.3. The first-order chi connectivity index (χ1) is 34.4. The Bertz CT molecular complexity index is 2870. The molecule has 2 atom stereocenters. The molecular weight excluding hydrogens is 937 g/mol. The Morgan fingerprint density at radius 1 is 0.625 bits per heavy atom. The Labute approximate surface area is 413 Å². The molecule has 380 valence electrons. The highest BCUT2D eigenvalue weighted by Gasteiger charge is 2.28. The SMILES string of the molecule is COC(=O)[C@H](CCCC(N)C(=O)OC(C)(C)C)NNC(=O)c1cc(NC(=O)c2cc(NC(=O)c3cc([N+](=O)[O-])nn3Cc3ccc(OC)cc3)nn2Cc2ccc(OC)cc2)nn1Cc1ccc(OC)cc1. The average Bonchev–Trinajstić information content (AvgIpc) is 4.09. The molecule has 3 heterocycles. The van der Waals surface area contributed by atoms with Crippen LogP contribution in [0.2, 0.25) is 0 Å². The van der Waals surface area contributed by atoms with Crippen molar-refractivity contribution in [2.45, 2.75) is 77.4 Å². The maximum atomic E-state index is 14.3. The van der Waals surface area contributed by atoms with Crippen LogP contribution in [0.3, 0.4) is 0 Å². The number of benzene rings is 3. The summed E-state index contributed by atoms with van der Waals surface area (Å²) < 4.78 is 30.0. The molecule has 1 unspecified atom stereocenters. The molecule has 0 aliphatic carbocycles. The van der Waals surface area contributed by atoms with Crippen LogP contribution in [-0.2, 0) is 38.7 Å². The van der Waals surface area contributed by atoms with E-state index < -0.39 is 58.1 Å². The summed E-state index contributed by atoms with van der Waals surface area (Å²) in [7, 11) is 5.76. The van der Waals surface area contributed by atoms with Gasteiger partial charge in [0.25, 0.3) is 17.7 Å². The van der Waals surface area contributed by atoms with Gasteiger partial charge in [-0.2, -0.15) is 14.9 Å². The fraction of sp³-hybridized carbons (Fsp3) is 0.333. The molecule has 0 fully saturated rings. The van der Waals surface area contributed by atoms with Crippen molar-refractivity contribution in [1.29, 1.82) is 0 Å². The molecule has 6 N–H and O–H groups in total. The number of ether oxygens (including phenoxy) is 5. The maximum absolute atomic E-state index is 14.3. The van der Waals surface area contributed by atoms with E-state index >= 15 is 0 Å². The van der Waals surface area contributed by atoms with Gasteiger partial charge in [0.05, 0.1) is 59.2 Å². The van der Waals surface area contributed by atoms with E-state index in [9.17, 15) is 34.1 Å². The van der Waals surface area contributed by atoms with Crippen molar-refractivity contribution in [3.05, 3.63) is 135 Å². The minimum absolute atomic E-state index is 0.000243. The quantitative estimate of drug-likeness (QED) is 0.0336. The number of nitro groups is 1. The monoisotopic (exact) mass is 992 g/mol. The topological polar surface area (TPSA) is 302 Å². The zero-order chi connectivity index (χ0) is 52.1. The van der Waals surface area contributed by atoms with Crippen molar-refractivity contribution >= 4 is 47.1 Å². The van der Waals surface area contributed by atoms with Crippen molar-refractivity contribution < 1.29 is 52.6 Å². The molecule has 3 aromatic carbocycles. The van der Waals surface area contributed by atoms with E-state index in [1.807, 2.05) is 0 Å². The van der Waals surface area contributed by atoms with Crippen LogP contribution in [0.25, 0.3) is 0 Å². The highest BCUT2D eigenvalue weighted by Crippen LogP contribution is 2.22. The van der Waals surface area contributed by atoms with Crippen molar-refractivity contribution in [2.75, 3.05) is 39.1 Å². The van der Waals surface area contributed by atoms with Crippen LogP contribution in [0.15, 0.2) is 91.0 Å². The summed E-state index contributed by atoms with van der Waals surface area (Å²) >= 11 is 0. The van der Waals surface area contributed by atoms with E-state index in [0.717, 1.165) is 6.07 Å². The number of hydrogen-bond donors (Lipinski definition) is 5. The third-order valence-electron chi connectivity index (χ3n) is 10.7. The third kappa shape index (κ3) is 14.2. The molecule has 24 heteroatoms. The fourth-order valence-corrected chi connectivity index (χ4v) is 7.08. The number of carbonyl (C=O) groups excluding carboxylic acids is 5. The van der Waals surface area contributed by atoms with Crippen LogP contribution in [0, 0.1) is 10.1 Å². The smallest absolute Gasteiger partial charge is 0.390 e. The first kappa shape index (κ1) is 52.7. The van der Waals surface area contributed by atoms with Crippen LogP contribution in [-0.4, -0.2) is 110 Å². The highest BCUT2D eigenvalue weighted by atomic mass is 16.6. The van der Waals surface area contributed by atoms with E-state index in [4.69, 9.17) is 29.4 Å². The number of amides is 3. The molecule has 6 rings (SSSR count). The zero-order valence-electron chi connectivity index (χ0n) is 40.7. The third-order valence-corrected chi connectivity index (χ3v) is 10.7.